The van der Waals surface area contributed by atoms with Gasteiger partial charge in [-0.25, -0.2) is 4.79 Å². The van der Waals surface area contributed by atoms with Crippen LogP contribution in [0.3, 0.4) is 0 Å². The van der Waals surface area contributed by atoms with Crippen molar-refractivity contribution >= 4 is 18.0 Å². The van der Waals surface area contributed by atoms with Crippen LogP contribution in [-0.2, 0) is 10.2 Å². The lowest BCUT2D eigenvalue weighted by molar-refractivity contribution is -0.131. The maximum atomic E-state index is 13.0. The van der Waals surface area contributed by atoms with Crippen molar-refractivity contribution in [1.29, 1.82) is 0 Å². The lowest BCUT2D eigenvalue weighted by Gasteiger charge is -2.52. The van der Waals surface area contributed by atoms with Crippen LogP contribution in [0, 0.1) is 12.8 Å². The largest absolute Gasteiger partial charge is 0.497 e. The van der Waals surface area contributed by atoms with Gasteiger partial charge in [-0.1, -0.05) is 48.6 Å². The number of nitrogens with one attached hydrogen (secondary N) is 2. The van der Waals surface area contributed by atoms with Gasteiger partial charge in [0.15, 0.2) is 0 Å². The average molecular weight is 476 g/mol. The Hall–Kier alpha value is -3.16. The number of carbonyl (C=O) groups excluding carboxylic acids is 2. The summed E-state index contributed by atoms with van der Waals surface area (Å²) in [4.78, 5) is 27.5. The summed E-state index contributed by atoms with van der Waals surface area (Å²) in [6.07, 6.45) is 5.33. The number of aryl methyl sites for hydroxylation is 1. The average Bonchev–Trinajstić information content (AvgIpc) is 3.02. The first-order chi connectivity index (χ1) is 16.9. The molecule has 4 unspecified atom stereocenters. The normalized spacial score (nSPS) is 30.8. The molecule has 184 valence electrons. The summed E-state index contributed by atoms with van der Waals surface area (Å²) in [6.45, 7) is 3.88. The molecule has 0 spiro atoms. The van der Waals surface area contributed by atoms with Gasteiger partial charge in [0.25, 0.3) is 0 Å². The van der Waals surface area contributed by atoms with Gasteiger partial charge in [-0.05, 0) is 54.5 Å². The van der Waals surface area contributed by atoms with Crippen molar-refractivity contribution in [3.05, 3.63) is 71.3 Å². The summed E-state index contributed by atoms with van der Waals surface area (Å²) in [6, 6.07) is 15.4. The summed E-state index contributed by atoms with van der Waals surface area (Å²) in [5, 5.41) is 17.8. The van der Waals surface area contributed by atoms with Crippen molar-refractivity contribution in [3.63, 3.8) is 0 Å². The van der Waals surface area contributed by atoms with Gasteiger partial charge in [0.2, 0.25) is 5.91 Å². The third-order valence-corrected chi connectivity index (χ3v) is 8.15. The number of nitrogens with zero attached hydrogens (tertiary/aromatic N) is 1. The molecule has 2 aliphatic heterocycles. The fraction of sp³-hybridized carbons (Fsp3) is 0.429. The van der Waals surface area contributed by atoms with Crippen LogP contribution in [0.5, 0.6) is 5.75 Å². The number of ether oxygens (including phenoxy) is 1. The zero-order valence-electron chi connectivity index (χ0n) is 20.3. The Morgan fingerprint density at radius 3 is 2.77 bits per heavy atom. The fourth-order valence-corrected chi connectivity index (χ4v) is 6.68. The minimum Gasteiger partial charge on any atom is -0.497 e. The van der Waals surface area contributed by atoms with Gasteiger partial charge in [0.1, 0.15) is 5.75 Å². The zero-order chi connectivity index (χ0) is 24.6. The monoisotopic (exact) mass is 475 g/mol. The number of hydrogen-bond donors (Lipinski definition) is 3. The predicted octanol–water partition coefficient (Wildman–Crippen LogP) is 3.01. The van der Waals surface area contributed by atoms with Gasteiger partial charge < -0.3 is 15.2 Å². The summed E-state index contributed by atoms with van der Waals surface area (Å²) in [5.74, 6) is 0.583. The fourth-order valence-electron chi connectivity index (χ4n) is 6.68. The Morgan fingerprint density at radius 2 is 2.00 bits per heavy atom. The number of amides is 3. The molecule has 35 heavy (non-hydrogen) atoms. The highest BCUT2D eigenvalue weighted by molar-refractivity contribution is 5.95. The summed E-state index contributed by atoms with van der Waals surface area (Å²) in [5.41, 5.74) is 1.06. The second kappa shape index (κ2) is 9.13. The first-order valence-electron chi connectivity index (χ1n) is 12.3. The number of carbonyl (C=O) groups is 2. The van der Waals surface area contributed by atoms with Crippen LogP contribution < -0.4 is 15.4 Å². The zero-order valence-corrected chi connectivity index (χ0v) is 20.3. The molecular weight excluding hydrogens is 442 g/mol. The van der Waals surface area contributed by atoms with E-state index in [2.05, 4.69) is 39.8 Å². The second-order valence-corrected chi connectivity index (χ2v) is 10.1. The third kappa shape index (κ3) is 4.02. The summed E-state index contributed by atoms with van der Waals surface area (Å²) in [7, 11) is 1.62. The van der Waals surface area contributed by atoms with Crippen molar-refractivity contribution in [1.82, 2.24) is 15.5 Å². The third-order valence-electron chi connectivity index (χ3n) is 8.15. The van der Waals surface area contributed by atoms with E-state index in [4.69, 9.17) is 4.74 Å². The standard InChI is InChI=1S/C28H33N3O4/c1-19-10-11-22(35-2)15-23(19)27-16-21-18-31(14-6-9-20-7-4-3-5-8-20)25(21)28(27,34)12-13-29-26(33)30-24(32)17-27/h3-11,15,21,25,34H,12-14,16-18H2,1-2H3,(H2,29,30,32,33). The Kier molecular flexibility index (Phi) is 6.15. The van der Waals surface area contributed by atoms with Crippen molar-refractivity contribution < 1.29 is 19.4 Å². The molecule has 3 fully saturated rings. The molecule has 2 aromatic carbocycles. The van der Waals surface area contributed by atoms with E-state index in [0.717, 1.165) is 23.2 Å². The van der Waals surface area contributed by atoms with Gasteiger partial charge in [-0.3, -0.25) is 15.0 Å². The molecule has 3 aliphatic rings. The molecule has 0 bridgehead atoms. The number of urea groups is 1. The number of fused-ring (bicyclic) bond motifs is 3. The molecule has 2 aromatic rings. The molecule has 7 heteroatoms. The van der Waals surface area contributed by atoms with E-state index in [-0.39, 0.29) is 30.8 Å². The van der Waals surface area contributed by atoms with E-state index in [9.17, 15) is 14.7 Å². The van der Waals surface area contributed by atoms with Gasteiger partial charge >= 0.3 is 6.03 Å². The number of methoxy groups -OCH3 is 1. The van der Waals surface area contributed by atoms with Gasteiger partial charge in [0.05, 0.1) is 12.7 Å². The SMILES string of the molecule is COc1ccc(C)c(C23CC(=O)NC(=O)NCCC2(O)C2C(CN2CC=Cc2ccccc2)C3)c1. The number of imide groups is 1. The molecule has 4 atom stereocenters. The Morgan fingerprint density at radius 1 is 1.20 bits per heavy atom. The van der Waals surface area contributed by atoms with Crippen molar-refractivity contribution in [2.75, 3.05) is 26.7 Å². The van der Waals surface area contributed by atoms with E-state index in [0.29, 0.717) is 25.1 Å². The Bertz CT molecular complexity index is 1150. The van der Waals surface area contributed by atoms with E-state index in [1.165, 1.54) is 0 Å². The Balaban J connectivity index is 1.53. The van der Waals surface area contributed by atoms with Crippen molar-refractivity contribution in [2.45, 2.75) is 43.2 Å². The number of likely N-dealkylation sites (tertiary alicyclic amines) is 1. The highest BCUT2D eigenvalue weighted by Gasteiger charge is 2.69. The first kappa shape index (κ1) is 23.6. The minimum atomic E-state index is -1.19. The quantitative estimate of drug-likeness (QED) is 0.619. The summed E-state index contributed by atoms with van der Waals surface area (Å²) < 4.78 is 5.52. The van der Waals surface area contributed by atoms with Crippen LogP contribution >= 0.6 is 0 Å². The maximum absolute atomic E-state index is 13.0. The second-order valence-electron chi connectivity index (χ2n) is 10.1. The Labute approximate surface area is 206 Å². The topological polar surface area (TPSA) is 90.9 Å². The molecule has 0 aromatic heterocycles. The molecular formula is C28H33N3O4. The predicted molar refractivity (Wildman–Crippen MR) is 134 cm³/mol. The molecule has 5 rings (SSSR count). The van der Waals surface area contributed by atoms with Crippen molar-refractivity contribution in [2.24, 2.45) is 5.92 Å². The molecule has 1 saturated carbocycles. The van der Waals surface area contributed by atoms with Crippen LogP contribution in [-0.4, -0.2) is 60.3 Å². The molecule has 7 nitrogen and oxygen atoms in total. The molecule has 2 heterocycles. The van der Waals surface area contributed by atoms with Gasteiger partial charge in [0, 0.05) is 37.5 Å². The lowest BCUT2D eigenvalue weighted by Crippen LogP contribution is -2.66. The molecule has 1 aliphatic carbocycles. The molecule has 2 saturated heterocycles. The first-order valence-corrected chi connectivity index (χ1v) is 12.3. The molecule has 0 radical (unpaired) electrons. The van der Waals surface area contributed by atoms with E-state index < -0.39 is 17.0 Å². The van der Waals surface area contributed by atoms with E-state index in [1.807, 2.05) is 43.3 Å². The minimum absolute atomic E-state index is 0.0472. The highest BCUT2D eigenvalue weighted by Crippen LogP contribution is 2.60. The number of rotatable bonds is 5. The highest BCUT2D eigenvalue weighted by atomic mass is 16.5. The van der Waals surface area contributed by atoms with E-state index >= 15 is 0 Å². The van der Waals surface area contributed by atoms with Crippen LogP contribution in [0.2, 0.25) is 0 Å². The molecule has 3 N–H and O–H groups in total. The smallest absolute Gasteiger partial charge is 0.321 e. The van der Waals surface area contributed by atoms with Crippen LogP contribution in [0.1, 0.15) is 36.0 Å². The van der Waals surface area contributed by atoms with Crippen LogP contribution in [0.4, 0.5) is 4.79 Å². The van der Waals surface area contributed by atoms with Crippen molar-refractivity contribution in [3.8, 4) is 5.75 Å². The van der Waals surface area contributed by atoms with E-state index in [1.54, 1.807) is 7.11 Å². The number of hydrogen-bond acceptors (Lipinski definition) is 5. The molecule has 3 amide bonds. The van der Waals surface area contributed by atoms with Gasteiger partial charge in [-0.2, -0.15) is 0 Å². The van der Waals surface area contributed by atoms with Gasteiger partial charge in [-0.15, -0.1) is 0 Å². The lowest BCUT2D eigenvalue weighted by atomic mass is 9.63. The number of benzene rings is 2. The summed E-state index contributed by atoms with van der Waals surface area (Å²) >= 11 is 0. The van der Waals surface area contributed by atoms with Crippen LogP contribution in [0.15, 0.2) is 54.6 Å². The number of aliphatic hydroxyl groups is 1. The maximum Gasteiger partial charge on any atom is 0.321 e. The van der Waals surface area contributed by atoms with Crippen LogP contribution in [0.25, 0.3) is 6.08 Å².